The minimum absolute atomic E-state index is 0.0751. The van der Waals surface area contributed by atoms with Crippen molar-refractivity contribution in [3.8, 4) is 0 Å². The fraction of sp³-hybridized carbons (Fsp3) is 0.600. The second kappa shape index (κ2) is 10.8. The number of alkyl halides is 3. The monoisotopic (exact) mass is 528 g/mol. The van der Waals surface area contributed by atoms with E-state index in [4.69, 9.17) is 16.7 Å². The summed E-state index contributed by atoms with van der Waals surface area (Å²) in [6.07, 6.45) is -3.73. The Kier molecular flexibility index (Phi) is 8.37. The molecule has 2 aromatic rings. The van der Waals surface area contributed by atoms with Gasteiger partial charge >= 0.3 is 12.1 Å². The molecule has 0 spiro atoms. The number of aromatic nitrogens is 3. The molecule has 36 heavy (non-hydrogen) atoms. The van der Waals surface area contributed by atoms with Gasteiger partial charge in [0.05, 0.1) is 22.4 Å². The zero-order valence-electron chi connectivity index (χ0n) is 20.8. The molecule has 7 nitrogen and oxygen atoms in total. The standard InChI is InChI=1S/C25H32ClF3N4O3/c1-14-5-7-19(18(26)9-14)30-20(34)12-16(6-8-21(35)36)22-23(25(27,28)29)33(32-31-22)17-10-15(11-17)13-24(2,3)4/h5,7,9,15-17H,6,8,10-13H2,1-4H3,(H,30,34)(H,35,36). The highest BCUT2D eigenvalue weighted by molar-refractivity contribution is 6.33. The van der Waals surface area contributed by atoms with Crippen molar-refractivity contribution in [1.29, 1.82) is 0 Å². The first kappa shape index (κ1) is 28.0. The highest BCUT2D eigenvalue weighted by Gasteiger charge is 2.45. The molecule has 1 aliphatic rings. The summed E-state index contributed by atoms with van der Waals surface area (Å²) < 4.78 is 43.6. The van der Waals surface area contributed by atoms with Crippen LogP contribution in [-0.2, 0) is 15.8 Å². The number of nitrogens with zero attached hydrogens (tertiary/aromatic N) is 3. The van der Waals surface area contributed by atoms with Crippen LogP contribution in [0.4, 0.5) is 18.9 Å². The van der Waals surface area contributed by atoms with Crippen LogP contribution in [0.15, 0.2) is 18.2 Å². The van der Waals surface area contributed by atoms with Crippen molar-refractivity contribution < 1.29 is 27.9 Å². The zero-order chi connectivity index (χ0) is 26.8. The van der Waals surface area contributed by atoms with Gasteiger partial charge in [-0.15, -0.1) is 5.10 Å². The molecule has 1 unspecified atom stereocenters. The van der Waals surface area contributed by atoms with Gasteiger partial charge in [0.25, 0.3) is 0 Å². The minimum Gasteiger partial charge on any atom is -0.481 e. The quantitative estimate of drug-likeness (QED) is 0.381. The maximum absolute atomic E-state index is 14.2. The van der Waals surface area contributed by atoms with Crippen molar-refractivity contribution in [3.63, 3.8) is 0 Å². The van der Waals surface area contributed by atoms with Crippen LogP contribution >= 0.6 is 11.6 Å². The molecule has 1 saturated carbocycles. The van der Waals surface area contributed by atoms with Gasteiger partial charge in [-0.1, -0.05) is 43.7 Å². The number of halogens is 4. The topological polar surface area (TPSA) is 97.1 Å². The Morgan fingerprint density at radius 3 is 2.47 bits per heavy atom. The lowest BCUT2D eigenvalue weighted by molar-refractivity contribution is -0.147. The van der Waals surface area contributed by atoms with E-state index in [-0.39, 0.29) is 11.8 Å². The number of anilines is 1. The third kappa shape index (κ3) is 7.21. The number of carboxylic acid groups (broad SMARTS) is 1. The van der Waals surface area contributed by atoms with E-state index < -0.39 is 54.2 Å². The Morgan fingerprint density at radius 1 is 1.25 bits per heavy atom. The number of aliphatic carboxylic acids is 1. The fourth-order valence-corrected chi connectivity index (χ4v) is 5.11. The summed E-state index contributed by atoms with van der Waals surface area (Å²) in [5.74, 6) is -2.54. The van der Waals surface area contributed by atoms with Crippen molar-refractivity contribution in [2.75, 3.05) is 5.32 Å². The maximum atomic E-state index is 14.2. The lowest BCUT2D eigenvalue weighted by Gasteiger charge is -2.39. The smallest absolute Gasteiger partial charge is 0.434 e. The number of amides is 1. The number of benzene rings is 1. The summed E-state index contributed by atoms with van der Waals surface area (Å²) in [5.41, 5.74) is -0.120. The van der Waals surface area contributed by atoms with E-state index in [2.05, 4.69) is 36.4 Å². The van der Waals surface area contributed by atoms with E-state index in [0.29, 0.717) is 29.5 Å². The van der Waals surface area contributed by atoms with Crippen LogP contribution in [-0.4, -0.2) is 32.0 Å². The number of carbonyl (C=O) groups is 2. The van der Waals surface area contributed by atoms with E-state index in [0.717, 1.165) is 16.7 Å². The van der Waals surface area contributed by atoms with E-state index in [1.54, 1.807) is 18.2 Å². The Labute approximate surface area is 213 Å². The van der Waals surface area contributed by atoms with E-state index in [9.17, 15) is 22.8 Å². The average Bonchev–Trinajstić information content (AvgIpc) is 3.14. The summed E-state index contributed by atoms with van der Waals surface area (Å²) in [6, 6.07) is 4.56. The first-order chi connectivity index (χ1) is 16.6. The molecular formula is C25H32ClF3N4O3. The van der Waals surface area contributed by atoms with Gasteiger partial charge in [0.1, 0.15) is 0 Å². The van der Waals surface area contributed by atoms with Gasteiger partial charge in [0, 0.05) is 18.8 Å². The van der Waals surface area contributed by atoms with Crippen LogP contribution in [0.25, 0.3) is 0 Å². The number of carbonyl (C=O) groups excluding carboxylic acids is 1. The molecular weight excluding hydrogens is 497 g/mol. The SMILES string of the molecule is Cc1ccc(NC(=O)CC(CCC(=O)O)c2nnn(C3CC(CC(C)(C)C)C3)c2C(F)(F)F)c(Cl)c1. The molecule has 1 atom stereocenters. The average molecular weight is 529 g/mol. The van der Waals surface area contributed by atoms with Crippen LogP contribution in [0, 0.1) is 18.3 Å². The second-order valence-electron chi connectivity index (χ2n) is 10.9. The highest BCUT2D eigenvalue weighted by atomic mass is 35.5. The molecule has 0 bridgehead atoms. The summed E-state index contributed by atoms with van der Waals surface area (Å²) >= 11 is 6.16. The van der Waals surface area contributed by atoms with Gasteiger partial charge in [-0.25, -0.2) is 4.68 Å². The number of aryl methyl sites for hydroxylation is 1. The van der Waals surface area contributed by atoms with Crippen molar-refractivity contribution in [2.45, 2.75) is 84.4 Å². The molecule has 1 aliphatic carbocycles. The first-order valence-corrected chi connectivity index (χ1v) is 12.3. The molecule has 1 aromatic carbocycles. The Balaban J connectivity index is 1.85. The van der Waals surface area contributed by atoms with Gasteiger partial charge in [-0.3, -0.25) is 9.59 Å². The molecule has 0 radical (unpaired) electrons. The first-order valence-electron chi connectivity index (χ1n) is 11.9. The third-order valence-corrected chi connectivity index (χ3v) is 6.68. The third-order valence-electron chi connectivity index (χ3n) is 6.37. The fourth-order valence-electron chi connectivity index (χ4n) is 4.82. The molecule has 0 saturated heterocycles. The predicted molar refractivity (Wildman–Crippen MR) is 130 cm³/mol. The second-order valence-corrected chi connectivity index (χ2v) is 11.3. The van der Waals surface area contributed by atoms with Gasteiger partial charge in [0.15, 0.2) is 5.69 Å². The number of nitrogens with one attached hydrogen (secondary N) is 1. The number of carboxylic acids is 1. The number of hydrogen-bond acceptors (Lipinski definition) is 4. The predicted octanol–water partition coefficient (Wildman–Crippen LogP) is 6.62. The highest BCUT2D eigenvalue weighted by Crippen LogP contribution is 2.47. The summed E-state index contributed by atoms with van der Waals surface area (Å²) in [7, 11) is 0. The molecule has 0 aliphatic heterocycles. The minimum atomic E-state index is -4.76. The maximum Gasteiger partial charge on any atom is 0.434 e. The van der Waals surface area contributed by atoms with Crippen LogP contribution in [0.3, 0.4) is 0 Å². The van der Waals surface area contributed by atoms with Gasteiger partial charge in [0.2, 0.25) is 5.91 Å². The van der Waals surface area contributed by atoms with Crippen molar-refractivity contribution in [2.24, 2.45) is 11.3 Å². The van der Waals surface area contributed by atoms with Crippen LogP contribution < -0.4 is 5.32 Å². The molecule has 1 heterocycles. The Bertz CT molecular complexity index is 1100. The summed E-state index contributed by atoms with van der Waals surface area (Å²) in [5, 5.41) is 19.7. The van der Waals surface area contributed by atoms with Crippen molar-refractivity contribution >= 4 is 29.2 Å². The largest absolute Gasteiger partial charge is 0.481 e. The van der Waals surface area contributed by atoms with Crippen LogP contribution in [0.5, 0.6) is 0 Å². The Morgan fingerprint density at radius 2 is 1.92 bits per heavy atom. The van der Waals surface area contributed by atoms with E-state index in [1.165, 1.54) is 0 Å². The van der Waals surface area contributed by atoms with Crippen molar-refractivity contribution in [1.82, 2.24) is 15.0 Å². The molecule has 3 rings (SSSR count). The van der Waals surface area contributed by atoms with Gasteiger partial charge in [-0.2, -0.15) is 13.2 Å². The molecule has 1 fully saturated rings. The van der Waals surface area contributed by atoms with Gasteiger partial charge < -0.3 is 10.4 Å². The molecule has 1 aromatic heterocycles. The summed E-state index contributed by atoms with van der Waals surface area (Å²) in [4.78, 5) is 24.0. The lowest BCUT2D eigenvalue weighted by atomic mass is 9.71. The van der Waals surface area contributed by atoms with E-state index >= 15 is 0 Å². The van der Waals surface area contributed by atoms with Gasteiger partial charge in [-0.05, 0) is 61.6 Å². The molecule has 198 valence electrons. The Hall–Kier alpha value is -2.62. The lowest BCUT2D eigenvalue weighted by Crippen LogP contribution is -2.33. The molecule has 1 amide bonds. The molecule has 11 heteroatoms. The molecule has 2 N–H and O–H groups in total. The van der Waals surface area contributed by atoms with Crippen LogP contribution in [0.2, 0.25) is 5.02 Å². The normalized spacial score (nSPS) is 19.0. The number of rotatable bonds is 9. The van der Waals surface area contributed by atoms with Crippen molar-refractivity contribution in [3.05, 3.63) is 40.2 Å². The zero-order valence-corrected chi connectivity index (χ0v) is 21.6. The summed E-state index contributed by atoms with van der Waals surface area (Å²) in [6.45, 7) is 8.11. The number of hydrogen-bond donors (Lipinski definition) is 2. The van der Waals surface area contributed by atoms with E-state index in [1.807, 2.05) is 6.92 Å². The van der Waals surface area contributed by atoms with Crippen LogP contribution in [0.1, 0.15) is 88.2 Å².